The molecular formula is C17H22N4O. The van der Waals surface area contributed by atoms with Crippen LogP contribution in [-0.2, 0) is 11.3 Å². The molecule has 2 aromatic rings. The zero-order valence-corrected chi connectivity index (χ0v) is 13.1. The van der Waals surface area contributed by atoms with Gasteiger partial charge in [0.15, 0.2) is 0 Å². The lowest BCUT2D eigenvalue weighted by molar-refractivity contribution is -0.133. The van der Waals surface area contributed by atoms with Gasteiger partial charge in [-0.15, -0.1) is 0 Å². The maximum Gasteiger partial charge on any atom is 0.239 e. The monoisotopic (exact) mass is 298 g/mol. The molecule has 22 heavy (non-hydrogen) atoms. The number of para-hydroxylation sites is 1. The molecule has 1 amide bonds. The Morgan fingerprint density at radius 2 is 2.09 bits per heavy atom. The van der Waals surface area contributed by atoms with Gasteiger partial charge < -0.3 is 4.90 Å². The van der Waals surface area contributed by atoms with Gasteiger partial charge in [-0.3, -0.25) is 9.69 Å². The molecule has 1 aliphatic rings. The van der Waals surface area contributed by atoms with Crippen LogP contribution in [-0.4, -0.2) is 52.2 Å². The Labute approximate surface area is 131 Å². The molecule has 1 unspecified atom stereocenters. The van der Waals surface area contributed by atoms with E-state index < -0.39 is 0 Å². The average Bonchev–Trinajstić information content (AvgIpc) is 3.17. The summed E-state index contributed by atoms with van der Waals surface area (Å²) in [6.45, 7) is 1.75. The van der Waals surface area contributed by atoms with Crippen molar-refractivity contribution >= 4 is 5.91 Å². The fourth-order valence-corrected chi connectivity index (χ4v) is 2.99. The summed E-state index contributed by atoms with van der Waals surface area (Å²) < 4.78 is 1.88. The van der Waals surface area contributed by atoms with Crippen LogP contribution in [0, 0.1) is 0 Å². The van der Waals surface area contributed by atoms with Crippen molar-refractivity contribution in [3.63, 3.8) is 0 Å². The van der Waals surface area contributed by atoms with Gasteiger partial charge in [-0.05, 0) is 31.5 Å². The van der Waals surface area contributed by atoms with Crippen molar-refractivity contribution < 1.29 is 4.79 Å². The van der Waals surface area contributed by atoms with Crippen LogP contribution in [0.5, 0.6) is 0 Å². The third-order valence-electron chi connectivity index (χ3n) is 4.13. The number of carbonyl (C=O) groups excluding carboxylic acids is 1. The molecule has 0 spiro atoms. The Morgan fingerprint density at radius 3 is 2.82 bits per heavy atom. The highest BCUT2D eigenvalue weighted by Gasteiger charge is 2.31. The third-order valence-corrected chi connectivity index (χ3v) is 4.13. The van der Waals surface area contributed by atoms with E-state index in [1.54, 1.807) is 4.90 Å². The molecule has 5 heteroatoms. The van der Waals surface area contributed by atoms with Crippen molar-refractivity contribution in [2.24, 2.45) is 0 Å². The number of likely N-dealkylation sites (N-methyl/N-ethyl adjacent to an activating group) is 1. The predicted octanol–water partition coefficient (Wildman–Crippen LogP) is 1.92. The molecule has 0 aliphatic carbocycles. The number of amides is 1. The summed E-state index contributed by atoms with van der Waals surface area (Å²) >= 11 is 0. The smallest absolute Gasteiger partial charge is 0.239 e. The molecule has 1 saturated heterocycles. The first-order valence-corrected chi connectivity index (χ1v) is 7.69. The van der Waals surface area contributed by atoms with Gasteiger partial charge in [-0.25, -0.2) is 4.68 Å². The van der Waals surface area contributed by atoms with Crippen molar-refractivity contribution in [2.45, 2.75) is 25.4 Å². The van der Waals surface area contributed by atoms with E-state index in [2.05, 4.69) is 10.00 Å². The molecular weight excluding hydrogens is 276 g/mol. The predicted molar refractivity (Wildman–Crippen MR) is 85.7 cm³/mol. The second-order valence-corrected chi connectivity index (χ2v) is 5.99. The molecule has 0 N–H and O–H groups in total. The number of carbonyl (C=O) groups is 1. The van der Waals surface area contributed by atoms with Crippen LogP contribution in [0.3, 0.4) is 0 Å². The quantitative estimate of drug-likeness (QED) is 0.866. The Hall–Kier alpha value is -2.14. The molecule has 1 aromatic heterocycles. The first-order chi connectivity index (χ1) is 10.6. The Balaban J connectivity index is 1.71. The van der Waals surface area contributed by atoms with Crippen LogP contribution in [0.25, 0.3) is 5.69 Å². The van der Waals surface area contributed by atoms with Gasteiger partial charge in [0, 0.05) is 32.4 Å². The number of benzene rings is 1. The van der Waals surface area contributed by atoms with Gasteiger partial charge in [-0.2, -0.15) is 5.10 Å². The molecule has 0 saturated carbocycles. The largest absolute Gasteiger partial charge is 0.347 e. The molecule has 1 aromatic carbocycles. The number of hydrogen-bond donors (Lipinski definition) is 0. The van der Waals surface area contributed by atoms with Gasteiger partial charge in [0.2, 0.25) is 5.91 Å². The number of likely N-dealkylation sites (tertiary alicyclic amines) is 1. The van der Waals surface area contributed by atoms with Crippen molar-refractivity contribution in [3.8, 4) is 5.69 Å². The third kappa shape index (κ3) is 3.04. The fraction of sp³-hybridized carbons (Fsp3) is 0.412. The molecule has 1 fully saturated rings. The summed E-state index contributed by atoms with van der Waals surface area (Å²) in [5, 5.41) is 4.43. The maximum atomic E-state index is 12.2. The van der Waals surface area contributed by atoms with Gasteiger partial charge >= 0.3 is 0 Å². The highest BCUT2D eigenvalue weighted by atomic mass is 16.2. The summed E-state index contributed by atoms with van der Waals surface area (Å²) in [5.74, 6) is 0.202. The lowest BCUT2D eigenvalue weighted by Crippen LogP contribution is -2.42. The summed E-state index contributed by atoms with van der Waals surface area (Å²) in [7, 11) is 3.65. The van der Waals surface area contributed by atoms with Gasteiger partial charge in [-0.1, -0.05) is 18.2 Å². The van der Waals surface area contributed by atoms with Crippen LogP contribution in [0.15, 0.2) is 42.7 Å². The van der Waals surface area contributed by atoms with Gasteiger partial charge in [0.1, 0.15) is 0 Å². The van der Waals surface area contributed by atoms with E-state index in [-0.39, 0.29) is 11.9 Å². The lowest BCUT2D eigenvalue weighted by Gasteiger charge is -2.25. The standard InChI is InChI=1S/C17H22N4O/c1-19(2)17(22)16-9-6-10-20(16)12-14-11-18-21(13-14)15-7-4-3-5-8-15/h3-5,7-8,11,13,16H,6,9-10,12H2,1-2H3. The van der Waals surface area contributed by atoms with Gasteiger partial charge in [0.05, 0.1) is 17.9 Å². The van der Waals surface area contributed by atoms with E-state index in [4.69, 9.17) is 0 Å². The van der Waals surface area contributed by atoms with Crippen LogP contribution in [0.4, 0.5) is 0 Å². The van der Waals surface area contributed by atoms with Crippen LogP contribution in [0.2, 0.25) is 0 Å². The van der Waals surface area contributed by atoms with E-state index in [0.29, 0.717) is 0 Å². The van der Waals surface area contributed by atoms with E-state index in [1.807, 2.05) is 61.5 Å². The minimum Gasteiger partial charge on any atom is -0.347 e. The van der Waals surface area contributed by atoms with E-state index >= 15 is 0 Å². The summed E-state index contributed by atoms with van der Waals surface area (Å²) in [6, 6.07) is 10.1. The van der Waals surface area contributed by atoms with Crippen LogP contribution < -0.4 is 0 Å². The maximum absolute atomic E-state index is 12.2. The normalized spacial score (nSPS) is 18.5. The fourth-order valence-electron chi connectivity index (χ4n) is 2.99. The summed E-state index contributed by atoms with van der Waals surface area (Å²) in [6.07, 6.45) is 5.97. The highest BCUT2D eigenvalue weighted by molar-refractivity contribution is 5.81. The Kier molecular flexibility index (Phi) is 4.24. The summed E-state index contributed by atoms with van der Waals surface area (Å²) in [5.41, 5.74) is 2.19. The minimum absolute atomic E-state index is 0.00933. The SMILES string of the molecule is CN(C)C(=O)C1CCCN1Cc1cnn(-c2ccccc2)c1. The molecule has 116 valence electrons. The Morgan fingerprint density at radius 1 is 1.32 bits per heavy atom. The number of rotatable bonds is 4. The molecule has 0 radical (unpaired) electrons. The van der Waals surface area contributed by atoms with Crippen molar-refractivity contribution in [1.29, 1.82) is 0 Å². The van der Waals surface area contributed by atoms with Crippen LogP contribution in [0.1, 0.15) is 18.4 Å². The first-order valence-electron chi connectivity index (χ1n) is 7.69. The van der Waals surface area contributed by atoms with Crippen molar-refractivity contribution in [3.05, 3.63) is 48.3 Å². The molecule has 1 aliphatic heterocycles. The second-order valence-electron chi connectivity index (χ2n) is 5.99. The average molecular weight is 298 g/mol. The molecule has 3 rings (SSSR count). The van der Waals surface area contributed by atoms with Crippen LogP contribution >= 0.6 is 0 Å². The Bertz CT molecular complexity index is 635. The molecule has 5 nitrogen and oxygen atoms in total. The van der Waals surface area contributed by atoms with E-state index in [0.717, 1.165) is 37.2 Å². The summed E-state index contributed by atoms with van der Waals surface area (Å²) in [4.78, 5) is 16.2. The molecule has 0 bridgehead atoms. The second kappa shape index (κ2) is 6.32. The first kappa shape index (κ1) is 14.8. The number of aromatic nitrogens is 2. The molecule has 2 heterocycles. The molecule has 1 atom stereocenters. The minimum atomic E-state index is 0.00933. The number of nitrogens with zero attached hydrogens (tertiary/aromatic N) is 4. The topological polar surface area (TPSA) is 41.4 Å². The number of hydrogen-bond acceptors (Lipinski definition) is 3. The zero-order valence-electron chi connectivity index (χ0n) is 13.1. The van der Waals surface area contributed by atoms with E-state index in [9.17, 15) is 4.79 Å². The van der Waals surface area contributed by atoms with Crippen molar-refractivity contribution in [1.82, 2.24) is 19.6 Å². The highest BCUT2D eigenvalue weighted by Crippen LogP contribution is 2.21. The van der Waals surface area contributed by atoms with Gasteiger partial charge in [0.25, 0.3) is 0 Å². The lowest BCUT2D eigenvalue weighted by atomic mass is 10.2. The van der Waals surface area contributed by atoms with E-state index in [1.165, 1.54) is 0 Å². The van der Waals surface area contributed by atoms with Crippen molar-refractivity contribution in [2.75, 3.05) is 20.6 Å². The zero-order chi connectivity index (χ0) is 15.5.